The first-order chi connectivity index (χ1) is 14.2. The van der Waals surface area contributed by atoms with Crippen LogP contribution in [0.3, 0.4) is 0 Å². The SMILES string of the molecule is CN1CCCCC(c2cccc(OC3=CC(=O)CCCc4ccccc43)c2)CC1. The quantitative estimate of drug-likeness (QED) is 0.684. The largest absolute Gasteiger partial charge is 0.457 e. The van der Waals surface area contributed by atoms with Crippen LogP contribution in [0.5, 0.6) is 5.75 Å². The standard InChI is InChI=1S/C26H31NO2/c1-27-16-5-4-8-20(15-17-27)22-11-7-13-24(18-22)29-26-19-23(28)12-6-10-21-9-2-3-14-25(21)26/h2-3,7,9,11,13-14,18-20H,4-6,8,10,12,15-17H2,1H3. The van der Waals surface area contributed by atoms with Crippen molar-refractivity contribution in [1.29, 1.82) is 0 Å². The number of ketones is 1. The van der Waals surface area contributed by atoms with Gasteiger partial charge in [0.1, 0.15) is 11.5 Å². The molecule has 0 amide bonds. The lowest BCUT2D eigenvalue weighted by Gasteiger charge is -2.26. The molecule has 2 aliphatic rings. The minimum Gasteiger partial charge on any atom is -0.457 e. The van der Waals surface area contributed by atoms with Crippen LogP contribution in [0.4, 0.5) is 0 Å². The van der Waals surface area contributed by atoms with Gasteiger partial charge in [-0.1, -0.05) is 42.8 Å². The van der Waals surface area contributed by atoms with Gasteiger partial charge >= 0.3 is 0 Å². The molecule has 3 nitrogen and oxygen atoms in total. The van der Waals surface area contributed by atoms with E-state index in [1.165, 1.54) is 43.4 Å². The summed E-state index contributed by atoms with van der Waals surface area (Å²) in [6, 6.07) is 16.8. The van der Waals surface area contributed by atoms with Crippen LogP contribution in [0.15, 0.2) is 54.6 Å². The van der Waals surface area contributed by atoms with Crippen molar-refractivity contribution in [3.63, 3.8) is 0 Å². The molecule has 1 aliphatic carbocycles. The van der Waals surface area contributed by atoms with Gasteiger partial charge in [0.2, 0.25) is 0 Å². The Labute approximate surface area is 174 Å². The molecule has 1 saturated heterocycles. The number of carbonyl (C=O) groups is 1. The first-order valence-corrected chi connectivity index (χ1v) is 11.0. The zero-order valence-electron chi connectivity index (χ0n) is 17.4. The second-order valence-electron chi connectivity index (χ2n) is 8.44. The highest BCUT2D eigenvalue weighted by atomic mass is 16.5. The van der Waals surface area contributed by atoms with Gasteiger partial charge in [0.05, 0.1) is 0 Å². The van der Waals surface area contributed by atoms with Gasteiger partial charge in [-0.15, -0.1) is 0 Å². The van der Waals surface area contributed by atoms with Crippen LogP contribution < -0.4 is 4.74 Å². The van der Waals surface area contributed by atoms with E-state index in [0.29, 0.717) is 18.1 Å². The fourth-order valence-corrected chi connectivity index (χ4v) is 4.51. The molecular weight excluding hydrogens is 358 g/mol. The number of carbonyl (C=O) groups excluding carboxylic acids is 1. The van der Waals surface area contributed by atoms with Gasteiger partial charge in [-0.2, -0.15) is 0 Å². The van der Waals surface area contributed by atoms with Crippen LogP contribution in [0.1, 0.15) is 61.1 Å². The van der Waals surface area contributed by atoms with E-state index in [1.807, 2.05) is 12.1 Å². The zero-order valence-corrected chi connectivity index (χ0v) is 17.4. The van der Waals surface area contributed by atoms with Crippen LogP contribution in [0, 0.1) is 0 Å². The van der Waals surface area contributed by atoms with E-state index < -0.39 is 0 Å². The van der Waals surface area contributed by atoms with Gasteiger partial charge in [-0.3, -0.25) is 4.79 Å². The summed E-state index contributed by atoms with van der Waals surface area (Å²) in [5, 5.41) is 0. The van der Waals surface area contributed by atoms with Crippen LogP contribution >= 0.6 is 0 Å². The highest BCUT2D eigenvalue weighted by molar-refractivity contribution is 5.96. The average Bonchev–Trinajstić information content (AvgIpc) is 2.70. The summed E-state index contributed by atoms with van der Waals surface area (Å²) in [5.74, 6) is 2.22. The van der Waals surface area contributed by atoms with Gasteiger partial charge in [0.15, 0.2) is 5.78 Å². The molecular formula is C26H31NO2. The van der Waals surface area contributed by atoms with Gasteiger partial charge in [-0.25, -0.2) is 0 Å². The molecule has 152 valence electrons. The van der Waals surface area contributed by atoms with Crippen molar-refractivity contribution in [3.05, 3.63) is 71.3 Å². The van der Waals surface area contributed by atoms with Crippen molar-refractivity contribution in [2.45, 2.75) is 50.9 Å². The number of nitrogens with zero attached hydrogens (tertiary/aromatic N) is 1. The monoisotopic (exact) mass is 389 g/mol. The molecule has 1 atom stereocenters. The second kappa shape index (κ2) is 9.41. The number of allylic oxidation sites excluding steroid dienone is 1. The normalized spacial score (nSPS) is 21.2. The fourth-order valence-electron chi connectivity index (χ4n) is 4.51. The molecule has 4 rings (SSSR count). The van der Waals surface area contributed by atoms with Crippen molar-refractivity contribution < 1.29 is 9.53 Å². The molecule has 0 N–H and O–H groups in total. The Balaban J connectivity index is 1.58. The molecule has 0 saturated carbocycles. The highest BCUT2D eigenvalue weighted by Gasteiger charge is 2.18. The third-order valence-corrected chi connectivity index (χ3v) is 6.20. The predicted octanol–water partition coefficient (Wildman–Crippen LogP) is 5.60. The maximum absolute atomic E-state index is 12.3. The number of aryl methyl sites for hydroxylation is 1. The highest BCUT2D eigenvalue weighted by Crippen LogP contribution is 2.32. The molecule has 29 heavy (non-hydrogen) atoms. The molecule has 2 aromatic carbocycles. The summed E-state index contributed by atoms with van der Waals surface area (Å²) in [5.41, 5.74) is 3.65. The van der Waals surface area contributed by atoms with Crippen molar-refractivity contribution in [1.82, 2.24) is 4.90 Å². The minimum absolute atomic E-state index is 0.147. The molecule has 2 aromatic rings. The molecule has 0 radical (unpaired) electrons. The number of rotatable bonds is 3. The van der Waals surface area contributed by atoms with E-state index in [1.54, 1.807) is 6.08 Å². The Kier molecular flexibility index (Phi) is 6.46. The summed E-state index contributed by atoms with van der Waals surface area (Å²) in [4.78, 5) is 14.7. The summed E-state index contributed by atoms with van der Waals surface area (Å²) < 4.78 is 6.33. The molecule has 1 fully saturated rings. The molecule has 0 spiro atoms. The van der Waals surface area contributed by atoms with E-state index in [4.69, 9.17) is 4.74 Å². The van der Waals surface area contributed by atoms with E-state index >= 15 is 0 Å². The van der Waals surface area contributed by atoms with Gasteiger partial charge in [-0.05, 0) is 81.4 Å². The lowest BCUT2D eigenvalue weighted by atomic mass is 9.89. The summed E-state index contributed by atoms with van der Waals surface area (Å²) in [7, 11) is 2.22. The number of likely N-dealkylation sites (tertiary alicyclic amines) is 1. The van der Waals surface area contributed by atoms with Gasteiger partial charge in [0.25, 0.3) is 0 Å². The summed E-state index contributed by atoms with van der Waals surface area (Å²) >= 11 is 0. The van der Waals surface area contributed by atoms with Crippen molar-refractivity contribution >= 4 is 11.5 Å². The number of fused-ring (bicyclic) bond motifs is 1. The Bertz CT molecular complexity index is 886. The van der Waals surface area contributed by atoms with E-state index in [2.05, 4.69) is 48.3 Å². The van der Waals surface area contributed by atoms with E-state index in [9.17, 15) is 4.79 Å². The zero-order chi connectivity index (χ0) is 20.1. The number of hydrogen-bond donors (Lipinski definition) is 0. The predicted molar refractivity (Wildman–Crippen MR) is 118 cm³/mol. The Morgan fingerprint density at radius 3 is 2.76 bits per heavy atom. The third-order valence-electron chi connectivity index (χ3n) is 6.20. The van der Waals surface area contributed by atoms with E-state index in [-0.39, 0.29) is 5.78 Å². The van der Waals surface area contributed by atoms with E-state index in [0.717, 1.165) is 30.7 Å². The lowest BCUT2D eigenvalue weighted by molar-refractivity contribution is -0.114. The van der Waals surface area contributed by atoms with Crippen molar-refractivity contribution in [3.8, 4) is 5.75 Å². The van der Waals surface area contributed by atoms with Crippen LogP contribution in [0.25, 0.3) is 5.76 Å². The maximum Gasteiger partial charge on any atom is 0.159 e. The van der Waals surface area contributed by atoms with Gasteiger partial charge in [0, 0.05) is 18.1 Å². The molecule has 0 aromatic heterocycles. The molecule has 3 heteroatoms. The summed E-state index contributed by atoms with van der Waals surface area (Å²) in [6.45, 7) is 2.35. The number of hydrogen-bond acceptors (Lipinski definition) is 3. The first kappa shape index (κ1) is 19.9. The summed E-state index contributed by atoms with van der Waals surface area (Å²) in [6.07, 6.45) is 9.04. The Hall–Kier alpha value is -2.39. The van der Waals surface area contributed by atoms with Crippen LogP contribution in [-0.4, -0.2) is 30.8 Å². The Morgan fingerprint density at radius 1 is 0.931 bits per heavy atom. The average molecular weight is 390 g/mol. The Morgan fingerprint density at radius 2 is 1.83 bits per heavy atom. The lowest BCUT2D eigenvalue weighted by Crippen LogP contribution is -2.24. The van der Waals surface area contributed by atoms with Gasteiger partial charge < -0.3 is 9.64 Å². The molecule has 1 heterocycles. The fraction of sp³-hybridized carbons (Fsp3) is 0.423. The van der Waals surface area contributed by atoms with Crippen molar-refractivity contribution in [2.75, 3.05) is 20.1 Å². The molecule has 1 aliphatic heterocycles. The minimum atomic E-state index is 0.147. The number of benzene rings is 2. The second-order valence-corrected chi connectivity index (χ2v) is 8.44. The molecule has 0 bridgehead atoms. The smallest absolute Gasteiger partial charge is 0.159 e. The topological polar surface area (TPSA) is 29.5 Å². The maximum atomic E-state index is 12.3. The number of ether oxygens (including phenoxy) is 1. The molecule has 1 unspecified atom stereocenters. The third kappa shape index (κ3) is 5.16. The first-order valence-electron chi connectivity index (χ1n) is 11.0. The van der Waals surface area contributed by atoms with Crippen molar-refractivity contribution in [2.24, 2.45) is 0 Å². The van der Waals surface area contributed by atoms with Crippen LogP contribution in [0.2, 0.25) is 0 Å². The van der Waals surface area contributed by atoms with Crippen LogP contribution in [-0.2, 0) is 11.2 Å².